The topological polar surface area (TPSA) is 105 Å². The van der Waals surface area contributed by atoms with Crippen LogP contribution in [0.5, 0.6) is 0 Å². The molecule has 2 heterocycles. The molecule has 8 nitrogen and oxygen atoms in total. The van der Waals surface area contributed by atoms with Gasteiger partial charge in [-0.05, 0) is 24.8 Å². The molecule has 8 heteroatoms. The van der Waals surface area contributed by atoms with Crippen LogP contribution in [-0.2, 0) is 22.5 Å². The van der Waals surface area contributed by atoms with Crippen LogP contribution >= 0.6 is 0 Å². The fourth-order valence-corrected chi connectivity index (χ4v) is 3.12. The van der Waals surface area contributed by atoms with Gasteiger partial charge in [0.25, 0.3) is 5.91 Å². The van der Waals surface area contributed by atoms with E-state index < -0.39 is 17.9 Å². The molecule has 1 saturated heterocycles. The second kappa shape index (κ2) is 10.0. The van der Waals surface area contributed by atoms with Crippen LogP contribution in [0.25, 0.3) is 0 Å². The Morgan fingerprint density at radius 3 is 2.68 bits per heavy atom. The van der Waals surface area contributed by atoms with Crippen LogP contribution in [0, 0.1) is 0 Å². The van der Waals surface area contributed by atoms with Crippen molar-refractivity contribution < 1.29 is 24.0 Å². The van der Waals surface area contributed by atoms with E-state index in [4.69, 9.17) is 9.26 Å². The lowest BCUT2D eigenvalue weighted by atomic mass is 10.0. The molecule has 0 aliphatic carbocycles. The lowest BCUT2D eigenvalue weighted by Crippen LogP contribution is -2.41. The first kappa shape index (κ1) is 20.0. The number of benzene rings is 1. The molecule has 1 fully saturated rings. The largest absolute Gasteiger partial charge is 0.480 e. The van der Waals surface area contributed by atoms with E-state index in [0.717, 1.165) is 25.1 Å². The summed E-state index contributed by atoms with van der Waals surface area (Å²) in [6, 6.07) is 10.4. The predicted octanol–water partition coefficient (Wildman–Crippen LogP) is 1.71. The lowest BCUT2D eigenvalue weighted by molar-refractivity contribution is -0.139. The number of aromatic nitrogens is 1. The number of carbonyl (C=O) groups is 2. The minimum atomic E-state index is -1.06. The highest BCUT2D eigenvalue weighted by Crippen LogP contribution is 2.11. The fourth-order valence-electron chi connectivity index (χ4n) is 3.12. The number of carbonyl (C=O) groups excluding carboxylic acids is 1. The zero-order valence-electron chi connectivity index (χ0n) is 15.7. The monoisotopic (exact) mass is 387 g/mol. The molecule has 0 unspecified atom stereocenters. The summed E-state index contributed by atoms with van der Waals surface area (Å²) in [4.78, 5) is 26.0. The van der Waals surface area contributed by atoms with Crippen molar-refractivity contribution in [2.24, 2.45) is 0 Å². The Labute approximate surface area is 163 Å². The lowest BCUT2D eigenvalue weighted by Gasteiger charge is -2.25. The number of morpholine rings is 1. The second-order valence-corrected chi connectivity index (χ2v) is 6.81. The Morgan fingerprint density at radius 1 is 1.21 bits per heavy atom. The number of hydrogen-bond acceptors (Lipinski definition) is 6. The molecule has 1 aromatic heterocycles. The first-order valence-electron chi connectivity index (χ1n) is 9.45. The van der Waals surface area contributed by atoms with Crippen molar-refractivity contribution in [1.29, 1.82) is 0 Å². The maximum absolute atomic E-state index is 12.4. The Morgan fingerprint density at radius 2 is 1.96 bits per heavy atom. The van der Waals surface area contributed by atoms with Crippen LogP contribution in [0.15, 0.2) is 40.9 Å². The number of nitrogens with one attached hydrogen (secondary N) is 1. The number of hydrogen-bond donors (Lipinski definition) is 2. The first-order valence-corrected chi connectivity index (χ1v) is 9.45. The van der Waals surface area contributed by atoms with Crippen molar-refractivity contribution in [2.45, 2.75) is 31.8 Å². The quantitative estimate of drug-likeness (QED) is 0.675. The Balaban J connectivity index is 1.50. The molecular weight excluding hydrogens is 362 g/mol. The molecule has 150 valence electrons. The molecule has 0 spiro atoms. The highest BCUT2D eigenvalue weighted by atomic mass is 16.5. The minimum Gasteiger partial charge on any atom is -0.480 e. The van der Waals surface area contributed by atoms with Crippen molar-refractivity contribution in [3.8, 4) is 0 Å². The summed E-state index contributed by atoms with van der Waals surface area (Å²) in [6.45, 7) is 3.48. The molecule has 3 rings (SSSR count). The molecule has 0 bridgehead atoms. The van der Waals surface area contributed by atoms with Crippen LogP contribution in [0.2, 0.25) is 0 Å². The number of aliphatic carboxylic acids is 1. The van der Waals surface area contributed by atoms with Crippen molar-refractivity contribution in [1.82, 2.24) is 15.4 Å². The van der Waals surface area contributed by atoms with E-state index in [1.807, 2.05) is 30.3 Å². The van der Waals surface area contributed by atoms with Crippen LogP contribution in [0.4, 0.5) is 0 Å². The number of carboxylic acids is 1. The second-order valence-electron chi connectivity index (χ2n) is 6.81. The smallest absolute Gasteiger partial charge is 0.326 e. The summed E-state index contributed by atoms with van der Waals surface area (Å²) < 4.78 is 10.5. The van der Waals surface area contributed by atoms with Crippen molar-refractivity contribution >= 4 is 11.9 Å². The molecule has 1 aliphatic rings. The number of carboxylic acid groups (broad SMARTS) is 1. The summed E-state index contributed by atoms with van der Waals surface area (Å²) in [6.07, 6.45) is 1.75. The van der Waals surface area contributed by atoms with Crippen molar-refractivity contribution in [3.63, 3.8) is 0 Å². The summed E-state index contributed by atoms with van der Waals surface area (Å²) in [5.41, 5.74) is 1.24. The first-order chi connectivity index (χ1) is 13.6. The summed E-state index contributed by atoms with van der Waals surface area (Å²) in [5.74, 6) is -1.02. The summed E-state index contributed by atoms with van der Waals surface area (Å²) in [5, 5.41) is 15.7. The van der Waals surface area contributed by atoms with Gasteiger partial charge in [-0.1, -0.05) is 35.5 Å². The molecule has 28 heavy (non-hydrogen) atoms. The van der Waals surface area contributed by atoms with Crippen LogP contribution in [0.3, 0.4) is 0 Å². The fraction of sp³-hybridized carbons (Fsp3) is 0.450. The van der Waals surface area contributed by atoms with Crippen LogP contribution in [0.1, 0.15) is 34.7 Å². The standard InChI is InChI=1S/C20H25N3O5/c24-19(18-13-16(28-22-18)14-23-9-11-27-12-10-23)21-17(20(25)26)8-4-7-15-5-2-1-3-6-15/h1-3,5-6,13,17H,4,7-12,14H2,(H,21,24)(H,25,26)/t17-/m0/s1. The molecule has 1 aromatic carbocycles. The SMILES string of the molecule is O=C(N[C@@H](CCCc1ccccc1)C(=O)O)c1cc(CN2CCOCC2)on1. The van der Waals surface area contributed by atoms with Gasteiger partial charge in [-0.15, -0.1) is 0 Å². The van der Waals surface area contributed by atoms with E-state index in [0.29, 0.717) is 38.4 Å². The van der Waals surface area contributed by atoms with Crippen LogP contribution < -0.4 is 5.32 Å². The van der Waals surface area contributed by atoms with Crippen LogP contribution in [-0.4, -0.2) is 59.4 Å². The number of aryl methyl sites for hydroxylation is 1. The molecular formula is C20H25N3O5. The zero-order valence-corrected chi connectivity index (χ0v) is 15.7. The zero-order chi connectivity index (χ0) is 19.8. The summed E-state index contributed by atoms with van der Waals surface area (Å²) in [7, 11) is 0. The van der Waals surface area contributed by atoms with Crippen molar-refractivity contribution in [2.75, 3.05) is 26.3 Å². The molecule has 1 amide bonds. The van der Waals surface area contributed by atoms with Gasteiger partial charge >= 0.3 is 5.97 Å². The normalized spacial score (nSPS) is 15.9. The van der Waals surface area contributed by atoms with Gasteiger partial charge in [0, 0.05) is 19.2 Å². The third-order valence-corrected chi connectivity index (χ3v) is 4.68. The minimum absolute atomic E-state index is 0.0950. The predicted molar refractivity (Wildman–Crippen MR) is 101 cm³/mol. The third kappa shape index (κ3) is 5.90. The molecule has 2 aromatic rings. The Bertz CT molecular complexity index is 771. The van der Waals surface area contributed by atoms with Gasteiger partial charge in [0.15, 0.2) is 11.5 Å². The van der Waals surface area contributed by atoms with E-state index >= 15 is 0 Å². The van der Waals surface area contributed by atoms with Gasteiger partial charge in [0.2, 0.25) is 0 Å². The van der Waals surface area contributed by atoms with Gasteiger partial charge in [-0.25, -0.2) is 4.79 Å². The van der Waals surface area contributed by atoms with Gasteiger partial charge in [0.05, 0.1) is 19.8 Å². The number of nitrogens with zero attached hydrogens (tertiary/aromatic N) is 2. The Hall–Kier alpha value is -2.71. The van der Waals surface area contributed by atoms with E-state index in [1.165, 1.54) is 0 Å². The highest BCUT2D eigenvalue weighted by Gasteiger charge is 2.23. The van der Waals surface area contributed by atoms with E-state index in [1.54, 1.807) is 6.07 Å². The van der Waals surface area contributed by atoms with E-state index in [9.17, 15) is 14.7 Å². The number of amides is 1. The average molecular weight is 387 g/mol. The highest BCUT2D eigenvalue weighted by molar-refractivity contribution is 5.94. The van der Waals surface area contributed by atoms with Gasteiger partial charge in [-0.2, -0.15) is 0 Å². The third-order valence-electron chi connectivity index (χ3n) is 4.68. The molecule has 0 saturated carbocycles. The van der Waals surface area contributed by atoms with Gasteiger partial charge < -0.3 is 19.7 Å². The maximum Gasteiger partial charge on any atom is 0.326 e. The maximum atomic E-state index is 12.4. The molecule has 1 atom stereocenters. The van der Waals surface area contributed by atoms with Gasteiger partial charge in [0.1, 0.15) is 6.04 Å². The molecule has 0 radical (unpaired) electrons. The van der Waals surface area contributed by atoms with E-state index in [2.05, 4.69) is 15.4 Å². The number of ether oxygens (including phenoxy) is 1. The average Bonchev–Trinajstić information content (AvgIpc) is 3.17. The Kier molecular flexibility index (Phi) is 7.16. The van der Waals surface area contributed by atoms with E-state index in [-0.39, 0.29) is 5.69 Å². The molecule has 1 aliphatic heterocycles. The van der Waals surface area contributed by atoms with Crippen molar-refractivity contribution in [3.05, 3.63) is 53.4 Å². The van der Waals surface area contributed by atoms with Gasteiger partial charge in [-0.3, -0.25) is 9.69 Å². The summed E-state index contributed by atoms with van der Waals surface area (Å²) >= 11 is 0. The molecule has 2 N–H and O–H groups in total. The number of rotatable bonds is 9.